The zero-order valence-corrected chi connectivity index (χ0v) is 13.5. The van der Waals surface area contributed by atoms with E-state index < -0.39 is 16.9 Å². The molecule has 0 fully saturated rings. The van der Waals surface area contributed by atoms with Crippen LogP contribution in [0.25, 0.3) is 10.9 Å². The van der Waals surface area contributed by atoms with Crippen molar-refractivity contribution in [2.75, 3.05) is 6.54 Å². The number of rotatable bonds is 5. The Bertz CT molecular complexity index is 948. The maximum atomic E-state index is 12.2. The van der Waals surface area contributed by atoms with Gasteiger partial charge in [0.15, 0.2) is 0 Å². The van der Waals surface area contributed by atoms with Gasteiger partial charge in [0.25, 0.3) is 11.6 Å². The first-order chi connectivity index (χ1) is 12.0. The Labute approximate surface area is 143 Å². The van der Waals surface area contributed by atoms with Crippen LogP contribution < -0.4 is 5.32 Å². The molecule has 0 bridgehead atoms. The second-order valence-corrected chi connectivity index (χ2v) is 5.74. The second-order valence-electron chi connectivity index (χ2n) is 5.74. The number of para-hydroxylation sites is 1. The number of aryl methyl sites for hydroxylation is 1. The number of aliphatic hydroxyl groups is 1. The fraction of sp³-hybridized carbons (Fsp3) is 0.167. The van der Waals surface area contributed by atoms with Gasteiger partial charge in [-0.15, -0.1) is 0 Å². The predicted molar refractivity (Wildman–Crippen MR) is 93.3 cm³/mol. The highest BCUT2D eigenvalue weighted by Crippen LogP contribution is 2.21. The molecule has 2 aromatic carbocycles. The first kappa shape index (κ1) is 16.7. The lowest BCUT2D eigenvalue weighted by Gasteiger charge is -2.13. The quantitative estimate of drug-likeness (QED) is 0.551. The average molecular weight is 339 g/mol. The lowest BCUT2D eigenvalue weighted by molar-refractivity contribution is -0.385. The molecule has 0 aliphatic carbocycles. The number of nitrogens with zero attached hydrogens (tertiary/aromatic N) is 2. The van der Waals surface area contributed by atoms with Crippen molar-refractivity contribution in [3.05, 3.63) is 76.0 Å². The number of hydrogen-bond donors (Lipinski definition) is 2. The highest BCUT2D eigenvalue weighted by atomic mass is 16.6. The zero-order chi connectivity index (χ0) is 18.0. The fourth-order valence-corrected chi connectivity index (χ4v) is 2.73. The van der Waals surface area contributed by atoms with E-state index in [0.717, 1.165) is 10.9 Å². The highest BCUT2D eigenvalue weighted by molar-refractivity contribution is 5.98. The summed E-state index contributed by atoms with van der Waals surface area (Å²) in [6.45, 7) is -0.0385. The summed E-state index contributed by atoms with van der Waals surface area (Å²) in [7, 11) is 1.94. The molecule has 0 aliphatic rings. The molecule has 1 aromatic heterocycles. The number of amides is 1. The van der Waals surface area contributed by atoms with Crippen LogP contribution in [0.2, 0.25) is 0 Å². The normalized spacial score (nSPS) is 12.1. The minimum atomic E-state index is -0.906. The topological polar surface area (TPSA) is 97.4 Å². The van der Waals surface area contributed by atoms with Crippen LogP contribution in [0.1, 0.15) is 22.0 Å². The van der Waals surface area contributed by atoms with Gasteiger partial charge in [-0.1, -0.05) is 18.2 Å². The standard InChI is InChI=1S/C18H17N3O4/c1-20-9-8-12-10-13(6-7-15(12)20)17(22)11-19-18(23)14-4-2-3-5-16(14)21(24)25/h2-10,17,22H,11H2,1H3,(H,19,23). The molecule has 1 amide bonds. The van der Waals surface area contributed by atoms with Gasteiger partial charge in [-0.05, 0) is 35.2 Å². The number of aliphatic hydroxyl groups excluding tert-OH is 1. The molecule has 0 radical (unpaired) electrons. The summed E-state index contributed by atoms with van der Waals surface area (Å²) >= 11 is 0. The van der Waals surface area contributed by atoms with Crippen molar-refractivity contribution in [3.8, 4) is 0 Å². The molecule has 0 saturated carbocycles. The average Bonchev–Trinajstić information content (AvgIpc) is 2.99. The van der Waals surface area contributed by atoms with E-state index in [1.54, 1.807) is 12.1 Å². The van der Waals surface area contributed by atoms with E-state index >= 15 is 0 Å². The molecular weight excluding hydrogens is 322 g/mol. The number of carbonyl (C=O) groups is 1. The number of nitro benzene ring substituents is 1. The Morgan fingerprint density at radius 1 is 1.28 bits per heavy atom. The number of nitrogens with one attached hydrogen (secondary N) is 1. The van der Waals surface area contributed by atoms with Gasteiger partial charge < -0.3 is 15.0 Å². The van der Waals surface area contributed by atoms with Crippen LogP contribution in [0.15, 0.2) is 54.7 Å². The molecule has 3 aromatic rings. The van der Waals surface area contributed by atoms with Crippen LogP contribution >= 0.6 is 0 Å². The van der Waals surface area contributed by atoms with Crippen LogP contribution in [0.5, 0.6) is 0 Å². The third kappa shape index (κ3) is 3.36. The Morgan fingerprint density at radius 3 is 2.80 bits per heavy atom. The van der Waals surface area contributed by atoms with E-state index in [4.69, 9.17) is 0 Å². The lowest BCUT2D eigenvalue weighted by atomic mass is 10.1. The Morgan fingerprint density at radius 2 is 2.04 bits per heavy atom. The molecule has 25 heavy (non-hydrogen) atoms. The van der Waals surface area contributed by atoms with E-state index in [1.807, 2.05) is 36.0 Å². The largest absolute Gasteiger partial charge is 0.387 e. The summed E-state index contributed by atoms with van der Waals surface area (Å²) in [4.78, 5) is 22.6. The van der Waals surface area contributed by atoms with Crippen LogP contribution in [-0.2, 0) is 7.05 Å². The lowest BCUT2D eigenvalue weighted by Crippen LogP contribution is -2.28. The molecule has 128 valence electrons. The molecule has 0 spiro atoms. The zero-order valence-electron chi connectivity index (χ0n) is 13.5. The molecule has 1 unspecified atom stereocenters. The first-order valence-corrected chi connectivity index (χ1v) is 7.72. The van der Waals surface area contributed by atoms with Gasteiger partial charge in [0, 0.05) is 31.4 Å². The van der Waals surface area contributed by atoms with Crippen LogP contribution in [0, 0.1) is 10.1 Å². The molecule has 2 N–H and O–H groups in total. The minimum Gasteiger partial charge on any atom is -0.387 e. The van der Waals surface area contributed by atoms with Gasteiger partial charge >= 0.3 is 0 Å². The summed E-state index contributed by atoms with van der Waals surface area (Å²) in [5.41, 5.74) is 1.42. The molecule has 7 heteroatoms. The number of benzene rings is 2. The smallest absolute Gasteiger partial charge is 0.282 e. The van der Waals surface area contributed by atoms with Crippen molar-refractivity contribution in [2.24, 2.45) is 7.05 Å². The van der Waals surface area contributed by atoms with Crippen LogP contribution in [0.3, 0.4) is 0 Å². The number of fused-ring (bicyclic) bond motifs is 1. The van der Waals surface area contributed by atoms with Crippen molar-refractivity contribution in [3.63, 3.8) is 0 Å². The fourth-order valence-electron chi connectivity index (χ4n) is 2.73. The van der Waals surface area contributed by atoms with Crippen molar-refractivity contribution < 1.29 is 14.8 Å². The number of aromatic nitrogens is 1. The monoisotopic (exact) mass is 339 g/mol. The molecule has 7 nitrogen and oxygen atoms in total. The Kier molecular flexibility index (Phi) is 4.49. The summed E-state index contributed by atoms with van der Waals surface area (Å²) in [5.74, 6) is -0.591. The highest BCUT2D eigenvalue weighted by Gasteiger charge is 2.20. The number of nitro groups is 1. The first-order valence-electron chi connectivity index (χ1n) is 7.72. The number of hydrogen-bond acceptors (Lipinski definition) is 4. The van der Waals surface area contributed by atoms with E-state index in [0.29, 0.717) is 5.56 Å². The van der Waals surface area contributed by atoms with Crippen molar-refractivity contribution in [2.45, 2.75) is 6.10 Å². The second kappa shape index (κ2) is 6.74. The molecular formula is C18H17N3O4. The van der Waals surface area contributed by atoms with E-state index in [9.17, 15) is 20.0 Å². The molecule has 0 aliphatic heterocycles. The van der Waals surface area contributed by atoms with E-state index in [2.05, 4.69) is 5.32 Å². The van der Waals surface area contributed by atoms with Gasteiger partial charge in [-0.3, -0.25) is 14.9 Å². The third-order valence-electron chi connectivity index (χ3n) is 4.10. The SMILES string of the molecule is Cn1ccc2cc(C(O)CNC(=O)c3ccccc3[N+](=O)[O-])ccc21. The predicted octanol–water partition coefficient (Wildman–Crippen LogP) is 2.55. The Balaban J connectivity index is 1.72. The molecule has 3 rings (SSSR count). The van der Waals surface area contributed by atoms with Gasteiger partial charge in [-0.2, -0.15) is 0 Å². The van der Waals surface area contributed by atoms with Crippen LogP contribution in [0.4, 0.5) is 5.69 Å². The van der Waals surface area contributed by atoms with E-state index in [-0.39, 0.29) is 17.8 Å². The summed E-state index contributed by atoms with van der Waals surface area (Å²) in [6, 6.07) is 13.2. The van der Waals surface area contributed by atoms with Gasteiger partial charge in [0.05, 0.1) is 11.0 Å². The van der Waals surface area contributed by atoms with E-state index in [1.165, 1.54) is 18.2 Å². The summed E-state index contributed by atoms with van der Waals surface area (Å²) in [5, 5.41) is 24.8. The van der Waals surface area contributed by atoms with Crippen LogP contribution in [-0.4, -0.2) is 27.0 Å². The van der Waals surface area contributed by atoms with Crippen molar-refractivity contribution in [1.82, 2.24) is 9.88 Å². The van der Waals surface area contributed by atoms with Crippen molar-refractivity contribution >= 4 is 22.5 Å². The van der Waals surface area contributed by atoms with Gasteiger partial charge in [0.1, 0.15) is 5.56 Å². The van der Waals surface area contributed by atoms with Crippen molar-refractivity contribution in [1.29, 1.82) is 0 Å². The summed E-state index contributed by atoms with van der Waals surface area (Å²) < 4.78 is 1.97. The minimum absolute atomic E-state index is 0.0294. The Hall–Kier alpha value is -3.19. The molecule has 0 saturated heterocycles. The van der Waals surface area contributed by atoms with Gasteiger partial charge in [0.2, 0.25) is 0 Å². The maximum Gasteiger partial charge on any atom is 0.282 e. The molecule has 1 atom stereocenters. The third-order valence-corrected chi connectivity index (χ3v) is 4.10. The summed E-state index contributed by atoms with van der Waals surface area (Å²) in [6.07, 6.45) is 1.02. The van der Waals surface area contributed by atoms with Gasteiger partial charge in [-0.25, -0.2) is 0 Å². The maximum absolute atomic E-state index is 12.2. The molecule has 1 heterocycles. The number of carbonyl (C=O) groups excluding carboxylic acids is 1.